The Labute approximate surface area is 113 Å². The lowest BCUT2D eigenvalue weighted by atomic mass is 10.1. The number of primary amides is 1. The van der Waals surface area contributed by atoms with Crippen molar-refractivity contribution in [1.82, 2.24) is 5.32 Å². The zero-order valence-electron chi connectivity index (χ0n) is 11.1. The molecule has 1 aromatic rings. The first-order valence-electron chi connectivity index (χ1n) is 6.46. The lowest BCUT2D eigenvalue weighted by Gasteiger charge is -2.23. The molecule has 0 aromatic heterocycles. The second kappa shape index (κ2) is 6.65. The van der Waals surface area contributed by atoms with Crippen LogP contribution in [-0.4, -0.2) is 38.3 Å². The van der Waals surface area contributed by atoms with Gasteiger partial charge in [-0.05, 0) is 30.2 Å². The molecule has 104 valence electrons. The molecule has 0 aliphatic carbocycles. The first kappa shape index (κ1) is 14.0. The zero-order chi connectivity index (χ0) is 13.7. The van der Waals surface area contributed by atoms with Crippen molar-refractivity contribution in [3.63, 3.8) is 0 Å². The normalized spacial score (nSPS) is 19.3. The van der Waals surface area contributed by atoms with Gasteiger partial charge in [0.1, 0.15) is 0 Å². The van der Waals surface area contributed by atoms with Crippen molar-refractivity contribution in [1.29, 1.82) is 0 Å². The average molecular weight is 264 g/mol. The van der Waals surface area contributed by atoms with Gasteiger partial charge in [-0.1, -0.05) is 6.07 Å². The van der Waals surface area contributed by atoms with Crippen molar-refractivity contribution >= 4 is 5.91 Å². The van der Waals surface area contributed by atoms with Gasteiger partial charge in [0.15, 0.2) is 0 Å². The van der Waals surface area contributed by atoms with E-state index in [1.807, 2.05) is 13.0 Å². The van der Waals surface area contributed by atoms with Gasteiger partial charge in [-0.3, -0.25) is 4.79 Å². The third-order valence-corrected chi connectivity index (χ3v) is 3.19. The van der Waals surface area contributed by atoms with Crippen LogP contribution in [0.25, 0.3) is 0 Å². The van der Waals surface area contributed by atoms with Gasteiger partial charge in [-0.25, -0.2) is 0 Å². The molecule has 1 heterocycles. The minimum Gasteiger partial charge on any atom is -0.374 e. The van der Waals surface area contributed by atoms with Crippen molar-refractivity contribution in [3.8, 4) is 0 Å². The molecule has 1 unspecified atom stereocenters. The molecule has 1 aliphatic rings. The third-order valence-electron chi connectivity index (χ3n) is 3.19. The molecule has 0 bridgehead atoms. The summed E-state index contributed by atoms with van der Waals surface area (Å²) < 4.78 is 11.2. The molecule has 0 spiro atoms. The van der Waals surface area contributed by atoms with E-state index in [-0.39, 0.29) is 6.10 Å². The van der Waals surface area contributed by atoms with Gasteiger partial charge in [0.2, 0.25) is 5.91 Å². The Bertz CT molecular complexity index is 442. The fourth-order valence-corrected chi connectivity index (χ4v) is 2.04. The Morgan fingerprint density at radius 3 is 3.05 bits per heavy atom. The first-order valence-corrected chi connectivity index (χ1v) is 6.46. The van der Waals surface area contributed by atoms with E-state index in [2.05, 4.69) is 5.32 Å². The number of morpholine rings is 1. The molecule has 1 atom stereocenters. The number of nitrogens with two attached hydrogens (primary N) is 1. The molecule has 19 heavy (non-hydrogen) atoms. The van der Waals surface area contributed by atoms with Crippen LogP contribution in [0.2, 0.25) is 0 Å². The van der Waals surface area contributed by atoms with E-state index in [9.17, 15) is 4.79 Å². The molecule has 2 rings (SSSR count). The van der Waals surface area contributed by atoms with Gasteiger partial charge in [0, 0.05) is 18.7 Å². The summed E-state index contributed by atoms with van der Waals surface area (Å²) >= 11 is 0. The zero-order valence-corrected chi connectivity index (χ0v) is 11.1. The third kappa shape index (κ3) is 4.02. The van der Waals surface area contributed by atoms with Crippen LogP contribution in [0.5, 0.6) is 0 Å². The van der Waals surface area contributed by atoms with Crippen molar-refractivity contribution in [2.24, 2.45) is 5.73 Å². The smallest absolute Gasteiger partial charge is 0.248 e. The van der Waals surface area contributed by atoms with Crippen molar-refractivity contribution in [3.05, 3.63) is 34.9 Å². The Morgan fingerprint density at radius 1 is 1.58 bits per heavy atom. The number of aryl methyl sites for hydroxylation is 1. The molecule has 1 aromatic carbocycles. The maximum atomic E-state index is 11.1. The minimum absolute atomic E-state index is 0.124. The number of hydrogen-bond donors (Lipinski definition) is 2. The second-order valence-electron chi connectivity index (χ2n) is 4.72. The molecule has 5 heteroatoms. The van der Waals surface area contributed by atoms with Crippen LogP contribution in [-0.2, 0) is 16.1 Å². The van der Waals surface area contributed by atoms with Crippen LogP contribution in [0, 0.1) is 6.92 Å². The summed E-state index contributed by atoms with van der Waals surface area (Å²) in [7, 11) is 0. The summed E-state index contributed by atoms with van der Waals surface area (Å²) in [5, 5.41) is 3.26. The average Bonchev–Trinajstić information content (AvgIpc) is 2.41. The van der Waals surface area contributed by atoms with Gasteiger partial charge in [-0.2, -0.15) is 0 Å². The number of rotatable bonds is 5. The Balaban J connectivity index is 1.83. The van der Waals surface area contributed by atoms with E-state index in [0.29, 0.717) is 18.8 Å². The molecule has 0 radical (unpaired) electrons. The number of carbonyl (C=O) groups excluding carboxylic acids is 1. The largest absolute Gasteiger partial charge is 0.374 e. The number of amides is 1. The van der Waals surface area contributed by atoms with Crippen molar-refractivity contribution in [2.45, 2.75) is 19.6 Å². The highest BCUT2D eigenvalue weighted by Gasteiger charge is 2.13. The van der Waals surface area contributed by atoms with E-state index >= 15 is 0 Å². The highest BCUT2D eigenvalue weighted by atomic mass is 16.5. The van der Waals surface area contributed by atoms with Crippen LogP contribution in [0.3, 0.4) is 0 Å². The molecule has 1 aliphatic heterocycles. The molecule has 1 fully saturated rings. The van der Waals surface area contributed by atoms with E-state index < -0.39 is 5.91 Å². The predicted octanol–water partition coefficient (Wildman–Crippen LogP) is 0.599. The van der Waals surface area contributed by atoms with E-state index in [1.165, 1.54) is 0 Å². The number of ether oxygens (including phenoxy) is 2. The number of nitrogens with one attached hydrogen (secondary N) is 1. The highest BCUT2D eigenvalue weighted by molar-refractivity contribution is 5.93. The number of benzene rings is 1. The monoisotopic (exact) mass is 264 g/mol. The second-order valence-corrected chi connectivity index (χ2v) is 4.72. The fourth-order valence-electron chi connectivity index (χ4n) is 2.04. The molecular weight excluding hydrogens is 244 g/mol. The van der Waals surface area contributed by atoms with Crippen LogP contribution in [0.1, 0.15) is 21.5 Å². The summed E-state index contributed by atoms with van der Waals surface area (Å²) in [5.74, 6) is -0.405. The summed E-state index contributed by atoms with van der Waals surface area (Å²) in [6.07, 6.45) is 0.124. The minimum atomic E-state index is -0.405. The molecule has 5 nitrogen and oxygen atoms in total. The van der Waals surface area contributed by atoms with Crippen LogP contribution >= 0.6 is 0 Å². The van der Waals surface area contributed by atoms with E-state index in [1.54, 1.807) is 12.1 Å². The van der Waals surface area contributed by atoms with Crippen LogP contribution in [0.15, 0.2) is 18.2 Å². The standard InChI is InChI=1S/C14H20N2O3/c1-10-6-11(14(15)17)2-3-12(10)8-18-9-13-7-16-4-5-19-13/h2-3,6,13,16H,4-5,7-9H2,1H3,(H2,15,17). The van der Waals surface area contributed by atoms with E-state index in [0.717, 1.165) is 30.8 Å². The highest BCUT2D eigenvalue weighted by Crippen LogP contribution is 2.12. The predicted molar refractivity (Wildman–Crippen MR) is 72.0 cm³/mol. The van der Waals surface area contributed by atoms with Gasteiger partial charge >= 0.3 is 0 Å². The van der Waals surface area contributed by atoms with Crippen LogP contribution < -0.4 is 11.1 Å². The SMILES string of the molecule is Cc1cc(C(N)=O)ccc1COCC1CNCCO1. The van der Waals surface area contributed by atoms with Gasteiger partial charge in [0.05, 0.1) is 25.9 Å². The lowest BCUT2D eigenvalue weighted by Crippen LogP contribution is -2.40. The van der Waals surface area contributed by atoms with Crippen molar-refractivity contribution < 1.29 is 14.3 Å². The van der Waals surface area contributed by atoms with Crippen LogP contribution in [0.4, 0.5) is 0 Å². The summed E-state index contributed by atoms with van der Waals surface area (Å²) in [6, 6.07) is 5.40. The Morgan fingerprint density at radius 2 is 2.42 bits per heavy atom. The molecule has 1 amide bonds. The van der Waals surface area contributed by atoms with E-state index in [4.69, 9.17) is 15.2 Å². The number of hydrogen-bond acceptors (Lipinski definition) is 4. The maximum Gasteiger partial charge on any atom is 0.248 e. The number of carbonyl (C=O) groups is 1. The Hall–Kier alpha value is -1.43. The molecule has 1 saturated heterocycles. The topological polar surface area (TPSA) is 73.6 Å². The maximum absolute atomic E-state index is 11.1. The molecule has 3 N–H and O–H groups in total. The van der Waals surface area contributed by atoms with Gasteiger partial charge in [0.25, 0.3) is 0 Å². The van der Waals surface area contributed by atoms with Crippen molar-refractivity contribution in [2.75, 3.05) is 26.3 Å². The molecule has 0 saturated carbocycles. The quantitative estimate of drug-likeness (QED) is 0.816. The molecular formula is C14H20N2O3. The Kier molecular flexibility index (Phi) is 4.90. The first-order chi connectivity index (χ1) is 9.16. The fraction of sp³-hybridized carbons (Fsp3) is 0.500. The lowest BCUT2D eigenvalue weighted by molar-refractivity contribution is -0.0358. The summed E-state index contributed by atoms with van der Waals surface area (Å²) in [6.45, 7) is 5.52. The van der Waals surface area contributed by atoms with Gasteiger partial charge in [-0.15, -0.1) is 0 Å². The summed E-state index contributed by atoms with van der Waals surface area (Å²) in [5.41, 5.74) is 7.84. The summed E-state index contributed by atoms with van der Waals surface area (Å²) in [4.78, 5) is 11.1. The van der Waals surface area contributed by atoms with Gasteiger partial charge < -0.3 is 20.5 Å².